The van der Waals surface area contributed by atoms with Crippen LogP contribution in [-0.2, 0) is 11.2 Å². The van der Waals surface area contributed by atoms with E-state index in [2.05, 4.69) is 10.3 Å². The number of benzene rings is 2. The van der Waals surface area contributed by atoms with Crippen LogP contribution in [0.2, 0.25) is 0 Å². The van der Waals surface area contributed by atoms with Crippen molar-refractivity contribution in [2.45, 2.75) is 13.3 Å². The van der Waals surface area contributed by atoms with Crippen molar-refractivity contribution < 1.29 is 19.0 Å². The second-order valence-corrected chi connectivity index (χ2v) is 6.15. The Morgan fingerprint density at radius 3 is 2.61 bits per heavy atom. The van der Waals surface area contributed by atoms with E-state index < -0.39 is 0 Å². The number of rotatable bonds is 8. The van der Waals surface area contributed by atoms with Crippen LogP contribution in [0.4, 0.5) is 5.69 Å². The van der Waals surface area contributed by atoms with Crippen LogP contribution in [0.5, 0.6) is 11.5 Å². The Morgan fingerprint density at radius 1 is 1.07 bits per heavy atom. The summed E-state index contributed by atoms with van der Waals surface area (Å²) in [5, 5.41) is 4.29. The summed E-state index contributed by atoms with van der Waals surface area (Å²) in [5.41, 5.74) is 3.10. The van der Waals surface area contributed by atoms with Crippen molar-refractivity contribution in [3.8, 4) is 11.5 Å². The fourth-order valence-electron chi connectivity index (χ4n) is 3.06. The highest BCUT2D eigenvalue weighted by molar-refractivity contribution is 6.04. The second-order valence-electron chi connectivity index (χ2n) is 6.15. The van der Waals surface area contributed by atoms with Crippen LogP contribution in [0, 0.1) is 0 Å². The molecule has 3 aromatic rings. The van der Waals surface area contributed by atoms with E-state index >= 15 is 0 Å². The standard InChI is InChI=1S/C22H24N2O4/c1-4-28-22(25)17-14-24-18-8-6-5-7-16(18)21(17)23-12-11-15-9-10-19(26-2)20(13-15)27-3/h5-10,13-14H,4,11-12H2,1-3H3,(H,23,24). The molecule has 0 fully saturated rings. The molecule has 0 saturated carbocycles. The fourth-order valence-corrected chi connectivity index (χ4v) is 3.06. The average molecular weight is 380 g/mol. The molecule has 0 saturated heterocycles. The molecule has 6 nitrogen and oxygen atoms in total. The first-order valence-corrected chi connectivity index (χ1v) is 9.17. The summed E-state index contributed by atoms with van der Waals surface area (Å²) in [5.74, 6) is 1.01. The number of aromatic nitrogens is 1. The number of ether oxygens (including phenoxy) is 3. The van der Waals surface area contributed by atoms with E-state index in [4.69, 9.17) is 14.2 Å². The zero-order chi connectivity index (χ0) is 19.9. The number of carbonyl (C=O) groups excluding carboxylic acids is 1. The molecule has 0 atom stereocenters. The molecule has 3 rings (SSSR count). The van der Waals surface area contributed by atoms with Gasteiger partial charge in [-0.2, -0.15) is 0 Å². The summed E-state index contributed by atoms with van der Waals surface area (Å²) in [6, 6.07) is 13.6. The molecule has 0 unspecified atom stereocenters. The number of pyridine rings is 1. The molecule has 0 amide bonds. The summed E-state index contributed by atoms with van der Waals surface area (Å²) < 4.78 is 15.8. The van der Waals surface area contributed by atoms with Gasteiger partial charge in [0.25, 0.3) is 0 Å². The maximum Gasteiger partial charge on any atom is 0.341 e. The summed E-state index contributed by atoms with van der Waals surface area (Å²) in [7, 11) is 3.24. The van der Waals surface area contributed by atoms with Crippen LogP contribution in [0.3, 0.4) is 0 Å². The highest BCUT2D eigenvalue weighted by Crippen LogP contribution is 2.29. The maximum absolute atomic E-state index is 12.4. The minimum absolute atomic E-state index is 0.316. The highest BCUT2D eigenvalue weighted by atomic mass is 16.5. The first kappa shape index (κ1) is 19.5. The first-order chi connectivity index (χ1) is 13.7. The number of para-hydroxylation sites is 1. The smallest absolute Gasteiger partial charge is 0.341 e. The highest BCUT2D eigenvalue weighted by Gasteiger charge is 2.16. The second kappa shape index (κ2) is 9.08. The SMILES string of the molecule is CCOC(=O)c1cnc2ccccc2c1NCCc1ccc(OC)c(OC)c1. The van der Waals surface area contributed by atoms with E-state index in [1.165, 1.54) is 0 Å². The number of esters is 1. The number of hydrogen-bond donors (Lipinski definition) is 1. The van der Waals surface area contributed by atoms with Crippen LogP contribution >= 0.6 is 0 Å². The van der Waals surface area contributed by atoms with Crippen molar-refractivity contribution in [3.63, 3.8) is 0 Å². The summed E-state index contributed by atoms with van der Waals surface area (Å²) in [6.45, 7) is 2.74. The zero-order valence-corrected chi connectivity index (χ0v) is 16.3. The topological polar surface area (TPSA) is 69.7 Å². The molecule has 1 heterocycles. The molecule has 0 radical (unpaired) electrons. The van der Waals surface area contributed by atoms with Crippen LogP contribution < -0.4 is 14.8 Å². The molecule has 0 bridgehead atoms. The van der Waals surface area contributed by atoms with E-state index in [9.17, 15) is 4.79 Å². The lowest BCUT2D eigenvalue weighted by Crippen LogP contribution is -2.13. The molecule has 28 heavy (non-hydrogen) atoms. The molecule has 0 aliphatic carbocycles. The molecule has 0 aliphatic rings. The monoisotopic (exact) mass is 380 g/mol. The molecule has 1 aromatic heterocycles. The number of nitrogens with one attached hydrogen (secondary N) is 1. The van der Waals surface area contributed by atoms with Gasteiger partial charge in [-0.1, -0.05) is 24.3 Å². The van der Waals surface area contributed by atoms with E-state index in [1.54, 1.807) is 27.3 Å². The predicted molar refractivity (Wildman–Crippen MR) is 109 cm³/mol. The molecule has 2 aromatic carbocycles. The number of carbonyl (C=O) groups is 1. The minimum atomic E-state index is -0.380. The Hall–Kier alpha value is -3.28. The largest absolute Gasteiger partial charge is 0.493 e. The van der Waals surface area contributed by atoms with Crippen LogP contribution in [0.15, 0.2) is 48.7 Å². The van der Waals surface area contributed by atoms with Gasteiger partial charge >= 0.3 is 5.97 Å². The van der Waals surface area contributed by atoms with Crippen molar-refractivity contribution in [3.05, 3.63) is 59.8 Å². The normalized spacial score (nSPS) is 10.5. The molecule has 146 valence electrons. The molecule has 1 N–H and O–H groups in total. The van der Waals surface area contributed by atoms with Gasteiger partial charge in [-0.3, -0.25) is 4.98 Å². The van der Waals surface area contributed by atoms with E-state index in [1.807, 2.05) is 42.5 Å². The van der Waals surface area contributed by atoms with Crippen molar-refractivity contribution in [2.75, 3.05) is 32.7 Å². The van der Waals surface area contributed by atoms with Gasteiger partial charge in [0.15, 0.2) is 11.5 Å². The van der Waals surface area contributed by atoms with Crippen LogP contribution in [0.1, 0.15) is 22.8 Å². The van der Waals surface area contributed by atoms with Gasteiger partial charge in [-0.15, -0.1) is 0 Å². The Balaban J connectivity index is 1.83. The maximum atomic E-state index is 12.4. The quantitative estimate of drug-likeness (QED) is 0.594. The lowest BCUT2D eigenvalue weighted by Gasteiger charge is -2.14. The molecular weight excluding hydrogens is 356 g/mol. The third-order valence-electron chi connectivity index (χ3n) is 4.43. The number of nitrogens with zero attached hydrogens (tertiary/aromatic N) is 1. The first-order valence-electron chi connectivity index (χ1n) is 9.17. The third kappa shape index (κ3) is 4.17. The van der Waals surface area contributed by atoms with Gasteiger partial charge in [-0.05, 0) is 37.1 Å². The van der Waals surface area contributed by atoms with Crippen molar-refractivity contribution in [1.29, 1.82) is 0 Å². The van der Waals surface area contributed by atoms with Crippen molar-refractivity contribution in [1.82, 2.24) is 4.98 Å². The predicted octanol–water partition coefficient (Wildman–Crippen LogP) is 4.08. The zero-order valence-electron chi connectivity index (χ0n) is 16.3. The van der Waals surface area contributed by atoms with E-state index in [-0.39, 0.29) is 5.97 Å². The number of anilines is 1. The lowest BCUT2D eigenvalue weighted by molar-refractivity contribution is 0.0527. The Morgan fingerprint density at radius 2 is 1.86 bits per heavy atom. The summed E-state index contributed by atoms with van der Waals surface area (Å²) >= 11 is 0. The summed E-state index contributed by atoms with van der Waals surface area (Å²) in [4.78, 5) is 16.7. The number of methoxy groups -OCH3 is 2. The van der Waals surface area contributed by atoms with Crippen LogP contribution in [-0.4, -0.2) is 38.3 Å². The van der Waals surface area contributed by atoms with Gasteiger partial charge < -0.3 is 19.5 Å². The minimum Gasteiger partial charge on any atom is -0.493 e. The third-order valence-corrected chi connectivity index (χ3v) is 4.43. The van der Waals surface area contributed by atoms with Crippen molar-refractivity contribution in [2.24, 2.45) is 0 Å². The van der Waals surface area contributed by atoms with Crippen molar-refractivity contribution >= 4 is 22.6 Å². The summed E-state index contributed by atoms with van der Waals surface area (Å²) in [6.07, 6.45) is 2.32. The van der Waals surface area contributed by atoms with Gasteiger partial charge in [0.2, 0.25) is 0 Å². The van der Waals surface area contributed by atoms with Gasteiger partial charge in [0.1, 0.15) is 5.56 Å². The van der Waals surface area contributed by atoms with Gasteiger partial charge in [-0.25, -0.2) is 4.79 Å². The van der Waals surface area contributed by atoms with Crippen LogP contribution in [0.25, 0.3) is 10.9 Å². The molecule has 0 aliphatic heterocycles. The van der Waals surface area contributed by atoms with E-state index in [0.29, 0.717) is 30.2 Å². The lowest BCUT2D eigenvalue weighted by atomic mass is 10.1. The average Bonchev–Trinajstić information content (AvgIpc) is 2.73. The molecular formula is C22H24N2O4. The molecule has 6 heteroatoms. The number of hydrogen-bond acceptors (Lipinski definition) is 6. The molecule has 0 spiro atoms. The van der Waals surface area contributed by atoms with Gasteiger partial charge in [0.05, 0.1) is 32.0 Å². The van der Waals surface area contributed by atoms with Gasteiger partial charge in [0, 0.05) is 18.1 Å². The Bertz CT molecular complexity index is 972. The fraction of sp³-hybridized carbons (Fsp3) is 0.273. The number of fused-ring (bicyclic) bond motifs is 1. The Labute approximate surface area is 164 Å². The van der Waals surface area contributed by atoms with E-state index in [0.717, 1.165) is 28.6 Å². The Kier molecular flexibility index (Phi) is 6.32.